The molecule has 0 aliphatic heterocycles. The maximum absolute atomic E-state index is 12.5. The molecule has 0 radical (unpaired) electrons. The Morgan fingerprint density at radius 1 is 1.09 bits per heavy atom. The highest BCUT2D eigenvalue weighted by molar-refractivity contribution is 6.35. The summed E-state index contributed by atoms with van der Waals surface area (Å²) in [6.45, 7) is 3.37. The van der Waals surface area contributed by atoms with Crippen molar-refractivity contribution < 1.29 is 9.59 Å². The van der Waals surface area contributed by atoms with E-state index in [1.807, 2.05) is 19.1 Å². The number of benzene rings is 2. The topological polar surface area (TPSA) is 46.2 Å². The van der Waals surface area contributed by atoms with E-state index >= 15 is 0 Å². The van der Waals surface area contributed by atoms with Gasteiger partial charge in [-0.25, -0.2) is 0 Å². The summed E-state index contributed by atoms with van der Waals surface area (Å²) in [6.07, 6.45) is 0.129. The maximum atomic E-state index is 12.5. The number of carbonyl (C=O) groups is 2. The lowest BCUT2D eigenvalue weighted by Crippen LogP contribution is -2.28. The molecule has 0 aromatic heterocycles. The normalized spacial score (nSPS) is 11.8. The molecule has 2 aromatic rings. The zero-order valence-electron chi connectivity index (χ0n) is 12.9. The van der Waals surface area contributed by atoms with Crippen LogP contribution in [0.15, 0.2) is 42.5 Å². The Morgan fingerprint density at radius 2 is 1.74 bits per heavy atom. The summed E-state index contributed by atoms with van der Waals surface area (Å²) in [5.74, 6) is -0.285. The van der Waals surface area contributed by atoms with E-state index in [0.717, 1.165) is 5.56 Å². The molecule has 0 aliphatic rings. The van der Waals surface area contributed by atoms with E-state index in [2.05, 4.69) is 5.32 Å². The molecular formula is C18H17Cl2NO2. The second kappa shape index (κ2) is 7.62. The summed E-state index contributed by atoms with van der Waals surface area (Å²) in [6, 6.07) is 11.9. The van der Waals surface area contributed by atoms with Crippen LogP contribution >= 0.6 is 23.2 Å². The van der Waals surface area contributed by atoms with Gasteiger partial charge in [0.1, 0.15) is 0 Å². The first-order chi connectivity index (χ1) is 10.9. The van der Waals surface area contributed by atoms with Crippen LogP contribution in [0.1, 0.15) is 40.9 Å². The number of hydrogen-bond donors (Lipinski definition) is 1. The molecule has 23 heavy (non-hydrogen) atoms. The molecule has 1 amide bonds. The molecular weight excluding hydrogens is 333 g/mol. The van der Waals surface area contributed by atoms with E-state index in [-0.39, 0.29) is 18.1 Å². The van der Waals surface area contributed by atoms with Crippen LogP contribution in [-0.2, 0) is 4.79 Å². The van der Waals surface area contributed by atoms with Crippen LogP contribution in [0.4, 0.5) is 0 Å². The monoisotopic (exact) mass is 349 g/mol. The lowest BCUT2D eigenvalue weighted by atomic mass is 9.97. The smallest absolute Gasteiger partial charge is 0.217 e. The summed E-state index contributed by atoms with van der Waals surface area (Å²) < 4.78 is 0. The van der Waals surface area contributed by atoms with E-state index in [0.29, 0.717) is 21.2 Å². The van der Waals surface area contributed by atoms with Crippen molar-refractivity contribution >= 4 is 34.9 Å². The fraction of sp³-hybridized carbons (Fsp3) is 0.222. The molecule has 3 nitrogen and oxygen atoms in total. The average Bonchev–Trinajstić information content (AvgIpc) is 2.46. The standard InChI is InChI=1S/C18H17Cl2NO2/c1-11-3-5-13(6-4-11)18(23)10-17(21-12(2)22)15-8-7-14(19)9-16(15)20/h3-9,17H,10H2,1-2H3,(H,21,22). The molecule has 1 N–H and O–H groups in total. The van der Waals surface area contributed by atoms with Gasteiger partial charge in [0.2, 0.25) is 5.91 Å². The number of carbonyl (C=O) groups excluding carboxylic acids is 2. The van der Waals surface area contributed by atoms with Crippen molar-refractivity contribution in [3.63, 3.8) is 0 Å². The van der Waals surface area contributed by atoms with Gasteiger partial charge < -0.3 is 5.32 Å². The predicted molar refractivity (Wildman–Crippen MR) is 93.1 cm³/mol. The van der Waals surface area contributed by atoms with Gasteiger partial charge >= 0.3 is 0 Å². The van der Waals surface area contributed by atoms with Gasteiger partial charge in [0.05, 0.1) is 6.04 Å². The Morgan fingerprint density at radius 3 is 2.30 bits per heavy atom. The third-order valence-electron chi connectivity index (χ3n) is 3.48. The Kier molecular flexibility index (Phi) is 5.80. The number of amides is 1. The first kappa shape index (κ1) is 17.5. The summed E-state index contributed by atoms with van der Waals surface area (Å²) in [4.78, 5) is 24.0. The zero-order valence-corrected chi connectivity index (χ0v) is 14.4. The Bertz CT molecular complexity index is 726. The number of halogens is 2. The van der Waals surface area contributed by atoms with Gasteiger partial charge in [0.25, 0.3) is 0 Å². The van der Waals surface area contributed by atoms with Crippen molar-refractivity contribution in [2.24, 2.45) is 0 Å². The van der Waals surface area contributed by atoms with Gasteiger partial charge in [-0.05, 0) is 24.6 Å². The number of Topliss-reactive ketones (excluding diaryl/α,β-unsaturated/α-hetero) is 1. The van der Waals surface area contributed by atoms with Crippen LogP contribution in [-0.4, -0.2) is 11.7 Å². The lowest BCUT2D eigenvalue weighted by molar-refractivity contribution is -0.119. The third-order valence-corrected chi connectivity index (χ3v) is 4.04. The van der Waals surface area contributed by atoms with Crippen LogP contribution in [0.2, 0.25) is 10.0 Å². The van der Waals surface area contributed by atoms with Crippen molar-refractivity contribution in [2.45, 2.75) is 26.3 Å². The van der Waals surface area contributed by atoms with Gasteiger partial charge in [-0.3, -0.25) is 9.59 Å². The van der Waals surface area contributed by atoms with Crippen LogP contribution in [0.3, 0.4) is 0 Å². The van der Waals surface area contributed by atoms with Crippen molar-refractivity contribution in [1.82, 2.24) is 5.32 Å². The number of rotatable bonds is 5. The largest absolute Gasteiger partial charge is 0.349 e. The molecule has 0 spiro atoms. The molecule has 2 rings (SSSR count). The van der Waals surface area contributed by atoms with Gasteiger partial charge in [-0.1, -0.05) is 59.1 Å². The van der Waals surface area contributed by atoms with Crippen molar-refractivity contribution in [1.29, 1.82) is 0 Å². The van der Waals surface area contributed by atoms with E-state index in [1.165, 1.54) is 6.92 Å². The van der Waals surface area contributed by atoms with E-state index in [1.54, 1.807) is 30.3 Å². The number of aryl methyl sites for hydroxylation is 1. The molecule has 0 bridgehead atoms. The minimum Gasteiger partial charge on any atom is -0.349 e. The molecule has 0 heterocycles. The quantitative estimate of drug-likeness (QED) is 0.791. The van der Waals surface area contributed by atoms with Gasteiger partial charge in [0.15, 0.2) is 5.78 Å². The fourth-order valence-electron chi connectivity index (χ4n) is 2.31. The lowest BCUT2D eigenvalue weighted by Gasteiger charge is -2.19. The minimum atomic E-state index is -0.494. The molecule has 120 valence electrons. The molecule has 2 aromatic carbocycles. The zero-order chi connectivity index (χ0) is 17.0. The molecule has 0 aliphatic carbocycles. The highest BCUT2D eigenvalue weighted by atomic mass is 35.5. The minimum absolute atomic E-state index is 0.0604. The molecule has 0 saturated heterocycles. The summed E-state index contributed by atoms with van der Waals surface area (Å²) in [7, 11) is 0. The fourth-order valence-corrected chi connectivity index (χ4v) is 2.85. The number of hydrogen-bond acceptors (Lipinski definition) is 2. The predicted octanol–water partition coefficient (Wildman–Crippen LogP) is 4.75. The SMILES string of the molecule is CC(=O)NC(CC(=O)c1ccc(C)cc1)c1ccc(Cl)cc1Cl. The maximum Gasteiger partial charge on any atom is 0.217 e. The van der Waals surface area contributed by atoms with Gasteiger partial charge in [0, 0.05) is 29.0 Å². The molecule has 5 heteroatoms. The highest BCUT2D eigenvalue weighted by Gasteiger charge is 2.20. The average molecular weight is 350 g/mol. The number of ketones is 1. The van der Waals surface area contributed by atoms with Crippen LogP contribution < -0.4 is 5.32 Å². The van der Waals surface area contributed by atoms with Crippen LogP contribution in [0.25, 0.3) is 0 Å². The van der Waals surface area contributed by atoms with Crippen LogP contribution in [0, 0.1) is 6.92 Å². The molecule has 0 saturated carbocycles. The highest BCUT2D eigenvalue weighted by Crippen LogP contribution is 2.29. The van der Waals surface area contributed by atoms with Crippen molar-refractivity contribution in [2.75, 3.05) is 0 Å². The van der Waals surface area contributed by atoms with E-state index in [4.69, 9.17) is 23.2 Å². The van der Waals surface area contributed by atoms with E-state index in [9.17, 15) is 9.59 Å². The van der Waals surface area contributed by atoms with Crippen LogP contribution in [0.5, 0.6) is 0 Å². The second-order valence-corrected chi connectivity index (χ2v) is 6.26. The Labute approximate surface area is 145 Å². The Balaban J connectivity index is 2.26. The molecule has 1 atom stereocenters. The van der Waals surface area contributed by atoms with Gasteiger partial charge in [-0.15, -0.1) is 0 Å². The summed E-state index contributed by atoms with van der Waals surface area (Å²) in [5, 5.41) is 3.71. The summed E-state index contributed by atoms with van der Waals surface area (Å²) >= 11 is 12.1. The first-order valence-corrected chi connectivity index (χ1v) is 7.94. The molecule has 1 unspecified atom stereocenters. The Hall–Kier alpha value is -1.84. The van der Waals surface area contributed by atoms with Gasteiger partial charge in [-0.2, -0.15) is 0 Å². The number of nitrogens with one attached hydrogen (secondary N) is 1. The van der Waals surface area contributed by atoms with Crippen molar-refractivity contribution in [3.05, 3.63) is 69.2 Å². The van der Waals surface area contributed by atoms with E-state index < -0.39 is 6.04 Å². The second-order valence-electron chi connectivity index (χ2n) is 5.41. The third kappa shape index (κ3) is 4.81. The van der Waals surface area contributed by atoms with Crippen molar-refractivity contribution in [3.8, 4) is 0 Å². The summed E-state index contributed by atoms with van der Waals surface area (Å²) in [5.41, 5.74) is 2.36. The molecule has 0 fully saturated rings. The first-order valence-electron chi connectivity index (χ1n) is 7.18.